The van der Waals surface area contributed by atoms with E-state index >= 15 is 0 Å². The standard InChI is InChI=1S/C30H32ClF4N3O4/c1-2-38(28(41)42-22-6-4-21(32)5-7-22)30(17-36-16-23(30)19-3-8-24(31)25(33)13-19)26(39)18-9-11-37(12-10-18)27(40)20-14-29(34,35)15-20/h3-8,13,18,20,23,36H,2,9-12,14-17H2,1H3/t23-,30+/m0/s1. The normalized spacial score (nSPS) is 24.2. The number of piperidine rings is 1. The highest BCUT2D eigenvalue weighted by Crippen LogP contribution is 2.45. The number of nitrogens with zero attached hydrogens (tertiary/aromatic N) is 2. The molecule has 2 atom stereocenters. The van der Waals surface area contributed by atoms with E-state index in [4.69, 9.17) is 16.3 Å². The molecule has 0 unspecified atom stereocenters. The maximum atomic E-state index is 14.6. The Hall–Kier alpha value is -3.18. The number of hydrogen-bond acceptors (Lipinski definition) is 5. The van der Waals surface area contributed by atoms with E-state index in [1.165, 1.54) is 34.1 Å². The number of amides is 2. The Morgan fingerprint density at radius 1 is 1.05 bits per heavy atom. The second-order valence-electron chi connectivity index (χ2n) is 11.3. The third-order valence-corrected chi connectivity index (χ3v) is 9.05. The van der Waals surface area contributed by atoms with Crippen molar-refractivity contribution in [1.29, 1.82) is 0 Å². The molecule has 3 aliphatic rings. The quantitative estimate of drug-likeness (QED) is 0.425. The van der Waals surface area contributed by atoms with Crippen LogP contribution in [0, 0.1) is 23.5 Å². The molecule has 226 valence electrons. The van der Waals surface area contributed by atoms with Crippen LogP contribution in [0.5, 0.6) is 5.75 Å². The van der Waals surface area contributed by atoms with Gasteiger partial charge in [0.2, 0.25) is 11.8 Å². The van der Waals surface area contributed by atoms with Crippen LogP contribution < -0.4 is 10.1 Å². The van der Waals surface area contributed by atoms with E-state index < -0.39 is 59.8 Å². The number of Topliss-reactive ketones (excluding diaryl/α,β-unsaturated/α-hetero) is 1. The van der Waals surface area contributed by atoms with Gasteiger partial charge >= 0.3 is 6.09 Å². The number of benzene rings is 2. The fraction of sp³-hybridized carbons (Fsp3) is 0.500. The van der Waals surface area contributed by atoms with E-state index in [-0.39, 0.29) is 55.2 Å². The molecule has 2 aromatic rings. The molecular formula is C30H32ClF4N3O4. The molecule has 5 rings (SSSR count). The molecule has 1 N–H and O–H groups in total. The molecule has 2 saturated heterocycles. The molecule has 1 aliphatic carbocycles. The van der Waals surface area contributed by atoms with Crippen LogP contribution in [-0.4, -0.2) is 71.8 Å². The molecule has 12 heteroatoms. The van der Waals surface area contributed by atoms with Gasteiger partial charge in [0, 0.05) is 63.3 Å². The summed E-state index contributed by atoms with van der Waals surface area (Å²) in [6.07, 6.45) is -1.15. The minimum atomic E-state index is -2.81. The summed E-state index contributed by atoms with van der Waals surface area (Å²) < 4.78 is 60.3. The van der Waals surface area contributed by atoms with Gasteiger partial charge in [-0.05, 0) is 61.7 Å². The molecule has 2 aliphatic heterocycles. The van der Waals surface area contributed by atoms with Crippen molar-refractivity contribution in [1.82, 2.24) is 15.1 Å². The molecule has 3 fully saturated rings. The number of ether oxygens (including phenoxy) is 1. The van der Waals surface area contributed by atoms with E-state index in [9.17, 15) is 31.9 Å². The summed E-state index contributed by atoms with van der Waals surface area (Å²) >= 11 is 5.93. The van der Waals surface area contributed by atoms with Crippen LogP contribution in [-0.2, 0) is 9.59 Å². The lowest BCUT2D eigenvalue weighted by molar-refractivity contribution is -0.161. The monoisotopic (exact) mass is 609 g/mol. The van der Waals surface area contributed by atoms with E-state index in [1.54, 1.807) is 13.0 Å². The third-order valence-electron chi connectivity index (χ3n) is 8.75. The van der Waals surface area contributed by atoms with Gasteiger partial charge in [-0.3, -0.25) is 14.5 Å². The van der Waals surface area contributed by atoms with E-state index in [0.29, 0.717) is 18.4 Å². The number of likely N-dealkylation sites (tertiary alicyclic amines) is 1. The molecule has 0 radical (unpaired) electrons. The number of rotatable bonds is 7. The number of ketones is 1. The van der Waals surface area contributed by atoms with Gasteiger partial charge in [0.15, 0.2) is 5.78 Å². The average molecular weight is 610 g/mol. The highest BCUT2D eigenvalue weighted by Gasteiger charge is 2.57. The van der Waals surface area contributed by atoms with Gasteiger partial charge in [0.05, 0.1) is 5.02 Å². The van der Waals surface area contributed by atoms with Crippen LogP contribution >= 0.6 is 11.6 Å². The zero-order valence-electron chi connectivity index (χ0n) is 23.1. The molecule has 7 nitrogen and oxygen atoms in total. The molecule has 0 bridgehead atoms. The molecule has 2 aromatic carbocycles. The molecule has 0 aromatic heterocycles. The van der Waals surface area contributed by atoms with Gasteiger partial charge < -0.3 is 15.0 Å². The lowest BCUT2D eigenvalue weighted by Gasteiger charge is -2.46. The van der Waals surface area contributed by atoms with Gasteiger partial charge in [0.25, 0.3) is 0 Å². The highest BCUT2D eigenvalue weighted by atomic mass is 35.5. The smallest absolute Gasteiger partial charge is 0.410 e. The van der Waals surface area contributed by atoms with Crippen molar-refractivity contribution >= 4 is 29.4 Å². The topological polar surface area (TPSA) is 79.0 Å². The summed E-state index contributed by atoms with van der Waals surface area (Å²) in [6, 6.07) is 9.20. The van der Waals surface area contributed by atoms with Crippen LogP contribution in [0.1, 0.15) is 44.1 Å². The molecular weight excluding hydrogens is 578 g/mol. The molecule has 2 amide bonds. The molecule has 1 saturated carbocycles. The summed E-state index contributed by atoms with van der Waals surface area (Å²) in [4.78, 5) is 43.8. The van der Waals surface area contributed by atoms with Crippen molar-refractivity contribution in [2.45, 2.75) is 50.0 Å². The van der Waals surface area contributed by atoms with E-state index in [2.05, 4.69) is 5.32 Å². The van der Waals surface area contributed by atoms with Gasteiger partial charge in [0.1, 0.15) is 22.9 Å². The van der Waals surface area contributed by atoms with Crippen LogP contribution in [0.3, 0.4) is 0 Å². The largest absolute Gasteiger partial charge is 0.416 e. The first-order valence-electron chi connectivity index (χ1n) is 14.1. The highest BCUT2D eigenvalue weighted by molar-refractivity contribution is 6.30. The van der Waals surface area contributed by atoms with Crippen molar-refractivity contribution < 1.29 is 36.7 Å². The SMILES string of the molecule is CCN(C(=O)Oc1ccc(F)cc1)[C@]1(C(=O)C2CCN(C(=O)C3CC(F)(F)C3)CC2)CNC[C@H]1c1ccc(Cl)c(F)c1. The number of halogens is 5. The number of likely N-dealkylation sites (N-methyl/N-ethyl adjacent to an activating group) is 1. The maximum Gasteiger partial charge on any atom is 0.416 e. The number of alkyl halides is 2. The number of carbonyl (C=O) groups excluding carboxylic acids is 3. The second-order valence-corrected chi connectivity index (χ2v) is 11.7. The number of carbonyl (C=O) groups is 3. The van der Waals surface area contributed by atoms with Crippen LogP contribution in [0.15, 0.2) is 42.5 Å². The second kappa shape index (κ2) is 11.8. The zero-order chi connectivity index (χ0) is 30.2. The summed E-state index contributed by atoms with van der Waals surface area (Å²) in [5.74, 6) is -6.38. The third kappa shape index (κ3) is 5.73. The predicted octanol–water partition coefficient (Wildman–Crippen LogP) is 5.42. The van der Waals surface area contributed by atoms with Crippen LogP contribution in [0.25, 0.3) is 0 Å². The Labute approximate surface area is 246 Å². The van der Waals surface area contributed by atoms with Gasteiger partial charge in [-0.15, -0.1) is 0 Å². The summed E-state index contributed by atoms with van der Waals surface area (Å²) in [7, 11) is 0. The van der Waals surface area contributed by atoms with Gasteiger partial charge in [-0.2, -0.15) is 0 Å². The number of hydrogen-bond donors (Lipinski definition) is 1. The average Bonchev–Trinajstić information content (AvgIpc) is 3.39. The minimum Gasteiger partial charge on any atom is -0.410 e. The van der Waals surface area contributed by atoms with E-state index in [0.717, 1.165) is 12.1 Å². The Morgan fingerprint density at radius 3 is 2.31 bits per heavy atom. The van der Waals surface area contributed by atoms with Crippen molar-refractivity contribution in [3.05, 3.63) is 64.7 Å². The molecule has 42 heavy (non-hydrogen) atoms. The van der Waals surface area contributed by atoms with Crippen LogP contribution in [0.4, 0.5) is 22.4 Å². The lowest BCUT2D eigenvalue weighted by atomic mass is 9.71. The van der Waals surface area contributed by atoms with E-state index in [1.807, 2.05) is 0 Å². The minimum absolute atomic E-state index is 0.0728. The Kier molecular flexibility index (Phi) is 8.53. The van der Waals surface area contributed by atoms with Crippen molar-refractivity contribution in [3.8, 4) is 5.75 Å². The maximum absolute atomic E-state index is 14.6. The predicted molar refractivity (Wildman–Crippen MR) is 147 cm³/mol. The first kappa shape index (κ1) is 30.3. The Bertz CT molecular complexity index is 1340. The number of nitrogens with one attached hydrogen (secondary N) is 1. The Morgan fingerprint density at radius 2 is 1.71 bits per heavy atom. The summed E-state index contributed by atoms with van der Waals surface area (Å²) in [6.45, 7) is 2.58. The van der Waals surface area contributed by atoms with Crippen LogP contribution in [0.2, 0.25) is 5.02 Å². The summed E-state index contributed by atoms with van der Waals surface area (Å²) in [5, 5.41) is 3.13. The Balaban J connectivity index is 1.42. The fourth-order valence-electron chi connectivity index (χ4n) is 6.54. The van der Waals surface area contributed by atoms with Crippen molar-refractivity contribution in [2.24, 2.45) is 11.8 Å². The van der Waals surface area contributed by atoms with Crippen molar-refractivity contribution in [2.75, 3.05) is 32.7 Å². The first-order chi connectivity index (χ1) is 19.9. The zero-order valence-corrected chi connectivity index (χ0v) is 23.8. The van der Waals surface area contributed by atoms with Crippen molar-refractivity contribution in [3.63, 3.8) is 0 Å². The van der Waals surface area contributed by atoms with Gasteiger partial charge in [-0.1, -0.05) is 17.7 Å². The molecule has 2 heterocycles. The van der Waals surface area contributed by atoms with Gasteiger partial charge in [-0.25, -0.2) is 22.4 Å². The summed E-state index contributed by atoms with van der Waals surface area (Å²) in [5.41, 5.74) is -0.999. The molecule has 0 spiro atoms. The lowest BCUT2D eigenvalue weighted by Crippen LogP contribution is -2.64. The first-order valence-corrected chi connectivity index (χ1v) is 14.4. The fourth-order valence-corrected chi connectivity index (χ4v) is 6.66.